The van der Waals surface area contributed by atoms with Crippen LogP contribution in [0, 0.1) is 5.92 Å². The Kier molecular flexibility index (Phi) is 5.67. The predicted octanol–water partition coefficient (Wildman–Crippen LogP) is 4.31. The Hall–Kier alpha value is -0.700. The third-order valence-electron chi connectivity index (χ3n) is 2.59. The quantitative estimate of drug-likeness (QED) is 0.841. The van der Waals surface area contributed by atoms with E-state index in [1.54, 1.807) is 7.11 Å². The molecule has 0 radical (unpaired) electrons. The minimum Gasteiger partial charge on any atom is -0.496 e. The van der Waals surface area contributed by atoms with Crippen LogP contribution in [0.1, 0.15) is 26.7 Å². The molecule has 0 aliphatic rings. The maximum Gasteiger partial charge on any atom is 0.133 e. The molecule has 1 unspecified atom stereocenters. The second kappa shape index (κ2) is 6.79. The first kappa shape index (κ1) is 13.4. The number of rotatable bonds is 6. The number of hydrogen-bond acceptors (Lipinski definition) is 2. The molecule has 0 heterocycles. The molecule has 16 heavy (non-hydrogen) atoms. The summed E-state index contributed by atoms with van der Waals surface area (Å²) in [6.45, 7) is 5.52. The smallest absolute Gasteiger partial charge is 0.133 e. The SMILES string of the molecule is CCCC(C)CNc1ccc(OC)c(Br)c1. The lowest BCUT2D eigenvalue weighted by Crippen LogP contribution is -2.10. The van der Waals surface area contributed by atoms with E-state index in [0.717, 1.165) is 22.5 Å². The van der Waals surface area contributed by atoms with E-state index in [0.29, 0.717) is 5.92 Å². The number of methoxy groups -OCH3 is 1. The van der Waals surface area contributed by atoms with Crippen LogP contribution in [0.15, 0.2) is 22.7 Å². The van der Waals surface area contributed by atoms with E-state index in [1.807, 2.05) is 12.1 Å². The van der Waals surface area contributed by atoms with E-state index >= 15 is 0 Å². The highest BCUT2D eigenvalue weighted by molar-refractivity contribution is 9.10. The number of hydrogen-bond donors (Lipinski definition) is 1. The lowest BCUT2D eigenvalue weighted by molar-refractivity contribution is 0.412. The summed E-state index contributed by atoms with van der Waals surface area (Å²) in [5.74, 6) is 1.58. The zero-order chi connectivity index (χ0) is 12.0. The van der Waals surface area contributed by atoms with Gasteiger partial charge in [-0.15, -0.1) is 0 Å². The van der Waals surface area contributed by atoms with Crippen molar-refractivity contribution in [2.24, 2.45) is 5.92 Å². The van der Waals surface area contributed by atoms with Crippen molar-refractivity contribution >= 4 is 21.6 Å². The van der Waals surface area contributed by atoms with Crippen molar-refractivity contribution < 1.29 is 4.74 Å². The van der Waals surface area contributed by atoms with Gasteiger partial charge in [0.25, 0.3) is 0 Å². The summed E-state index contributed by atoms with van der Waals surface area (Å²) in [7, 11) is 1.68. The Morgan fingerprint density at radius 3 is 2.75 bits per heavy atom. The van der Waals surface area contributed by atoms with Gasteiger partial charge < -0.3 is 10.1 Å². The molecule has 1 aromatic rings. The predicted molar refractivity (Wildman–Crippen MR) is 73.3 cm³/mol. The van der Waals surface area contributed by atoms with Gasteiger partial charge in [-0.25, -0.2) is 0 Å². The highest BCUT2D eigenvalue weighted by Gasteiger charge is 2.03. The molecule has 0 bridgehead atoms. The minimum absolute atomic E-state index is 0.714. The fourth-order valence-corrected chi connectivity index (χ4v) is 2.20. The molecule has 0 fully saturated rings. The van der Waals surface area contributed by atoms with Crippen LogP contribution in [-0.4, -0.2) is 13.7 Å². The van der Waals surface area contributed by atoms with Gasteiger partial charge >= 0.3 is 0 Å². The van der Waals surface area contributed by atoms with Crippen LogP contribution in [0.4, 0.5) is 5.69 Å². The van der Waals surface area contributed by atoms with Crippen molar-refractivity contribution in [2.45, 2.75) is 26.7 Å². The summed E-state index contributed by atoms with van der Waals surface area (Å²) >= 11 is 3.48. The fraction of sp³-hybridized carbons (Fsp3) is 0.538. The lowest BCUT2D eigenvalue weighted by atomic mass is 10.1. The number of ether oxygens (including phenoxy) is 1. The Labute approximate surface area is 107 Å². The molecular weight excluding hydrogens is 266 g/mol. The molecule has 1 atom stereocenters. The first-order chi connectivity index (χ1) is 7.67. The summed E-state index contributed by atoms with van der Waals surface area (Å²) in [5.41, 5.74) is 1.13. The fourth-order valence-electron chi connectivity index (χ4n) is 1.66. The largest absolute Gasteiger partial charge is 0.496 e. The molecule has 2 nitrogen and oxygen atoms in total. The van der Waals surface area contributed by atoms with Gasteiger partial charge in [-0.3, -0.25) is 0 Å². The van der Waals surface area contributed by atoms with Crippen LogP contribution in [0.2, 0.25) is 0 Å². The summed E-state index contributed by atoms with van der Waals surface area (Å²) < 4.78 is 6.18. The first-order valence-corrected chi connectivity index (χ1v) is 6.54. The van der Waals surface area contributed by atoms with Crippen molar-refractivity contribution in [3.8, 4) is 5.75 Å². The molecule has 0 aliphatic heterocycles. The minimum atomic E-state index is 0.714. The molecule has 0 saturated heterocycles. The molecule has 0 aromatic heterocycles. The van der Waals surface area contributed by atoms with Gasteiger partial charge in [0.05, 0.1) is 11.6 Å². The van der Waals surface area contributed by atoms with Crippen LogP contribution in [0.25, 0.3) is 0 Å². The standard InChI is InChI=1S/C13H20BrNO/c1-4-5-10(2)9-15-11-6-7-13(16-3)12(14)8-11/h6-8,10,15H,4-5,9H2,1-3H3. The van der Waals surface area contributed by atoms with Crippen LogP contribution < -0.4 is 10.1 Å². The Bertz CT molecular complexity index is 328. The van der Waals surface area contributed by atoms with Crippen LogP contribution in [-0.2, 0) is 0 Å². The maximum atomic E-state index is 5.19. The van der Waals surface area contributed by atoms with E-state index in [9.17, 15) is 0 Å². The van der Waals surface area contributed by atoms with Crippen molar-refractivity contribution in [1.82, 2.24) is 0 Å². The van der Waals surface area contributed by atoms with Gasteiger partial charge in [-0.05, 0) is 46.5 Å². The van der Waals surface area contributed by atoms with Gasteiger partial charge in [0, 0.05) is 12.2 Å². The second-order valence-electron chi connectivity index (χ2n) is 4.12. The summed E-state index contributed by atoms with van der Waals surface area (Å²) in [6, 6.07) is 6.07. The molecule has 1 rings (SSSR count). The number of anilines is 1. The second-order valence-corrected chi connectivity index (χ2v) is 4.98. The van der Waals surface area contributed by atoms with E-state index < -0.39 is 0 Å². The van der Waals surface area contributed by atoms with Gasteiger partial charge in [0.15, 0.2) is 0 Å². The number of halogens is 1. The third kappa shape index (κ3) is 4.05. The number of benzene rings is 1. The Balaban J connectivity index is 2.51. The molecule has 90 valence electrons. The van der Waals surface area contributed by atoms with Crippen LogP contribution in [0.5, 0.6) is 5.75 Å². The molecule has 1 aromatic carbocycles. The molecule has 0 spiro atoms. The first-order valence-electron chi connectivity index (χ1n) is 5.74. The van der Waals surface area contributed by atoms with Crippen molar-refractivity contribution in [3.05, 3.63) is 22.7 Å². The van der Waals surface area contributed by atoms with E-state index in [1.165, 1.54) is 12.8 Å². The van der Waals surface area contributed by atoms with E-state index in [4.69, 9.17) is 4.74 Å². The average Bonchev–Trinajstić information content (AvgIpc) is 2.27. The summed E-state index contributed by atoms with van der Waals surface area (Å²) in [6.07, 6.45) is 2.51. The zero-order valence-electron chi connectivity index (χ0n) is 10.2. The molecular formula is C13H20BrNO. The highest BCUT2D eigenvalue weighted by atomic mass is 79.9. The van der Waals surface area contributed by atoms with Crippen molar-refractivity contribution in [2.75, 3.05) is 19.0 Å². The zero-order valence-corrected chi connectivity index (χ0v) is 11.8. The molecule has 3 heteroatoms. The van der Waals surface area contributed by atoms with Crippen molar-refractivity contribution in [3.63, 3.8) is 0 Å². The highest BCUT2D eigenvalue weighted by Crippen LogP contribution is 2.27. The van der Waals surface area contributed by atoms with Crippen molar-refractivity contribution in [1.29, 1.82) is 0 Å². The van der Waals surface area contributed by atoms with Gasteiger partial charge in [-0.2, -0.15) is 0 Å². The monoisotopic (exact) mass is 285 g/mol. The maximum absolute atomic E-state index is 5.19. The lowest BCUT2D eigenvalue weighted by Gasteiger charge is -2.13. The molecule has 1 N–H and O–H groups in total. The summed E-state index contributed by atoms with van der Waals surface area (Å²) in [4.78, 5) is 0. The van der Waals surface area contributed by atoms with Crippen LogP contribution >= 0.6 is 15.9 Å². The Morgan fingerprint density at radius 2 is 2.19 bits per heavy atom. The number of nitrogens with one attached hydrogen (secondary N) is 1. The van der Waals surface area contributed by atoms with E-state index in [2.05, 4.69) is 41.2 Å². The van der Waals surface area contributed by atoms with E-state index in [-0.39, 0.29) is 0 Å². The van der Waals surface area contributed by atoms with Crippen LogP contribution in [0.3, 0.4) is 0 Å². The average molecular weight is 286 g/mol. The normalized spacial score (nSPS) is 12.2. The summed E-state index contributed by atoms with van der Waals surface area (Å²) in [5, 5.41) is 3.44. The van der Waals surface area contributed by atoms with Gasteiger partial charge in [0.1, 0.15) is 5.75 Å². The molecule has 0 aliphatic carbocycles. The van der Waals surface area contributed by atoms with Gasteiger partial charge in [0.2, 0.25) is 0 Å². The third-order valence-corrected chi connectivity index (χ3v) is 3.21. The van der Waals surface area contributed by atoms with Gasteiger partial charge in [-0.1, -0.05) is 20.3 Å². The topological polar surface area (TPSA) is 21.3 Å². The molecule has 0 saturated carbocycles. The Morgan fingerprint density at radius 1 is 1.44 bits per heavy atom. The molecule has 0 amide bonds.